The first-order valence-electron chi connectivity index (χ1n) is 5.73. The molecule has 98 valence electrons. The summed E-state index contributed by atoms with van der Waals surface area (Å²) in [5.74, 6) is -2.48. The molecule has 0 bridgehead atoms. The highest BCUT2D eigenvalue weighted by Gasteiger charge is 2.27. The Morgan fingerprint density at radius 2 is 1.89 bits per heavy atom. The van der Waals surface area contributed by atoms with Crippen LogP contribution in [-0.2, 0) is 9.53 Å². The zero-order valence-corrected chi connectivity index (χ0v) is 11.0. The predicted octanol–water partition coefficient (Wildman–Crippen LogP) is 2.99. The number of hydrogen-bond donors (Lipinski definition) is 0. The Kier molecular flexibility index (Phi) is 4.22. The molecule has 1 aromatic rings. The fourth-order valence-electron chi connectivity index (χ4n) is 1.39. The van der Waals surface area contributed by atoms with Crippen molar-refractivity contribution in [2.75, 3.05) is 0 Å². The van der Waals surface area contributed by atoms with E-state index >= 15 is 0 Å². The Hall–Kier alpha value is -1.71. The summed E-state index contributed by atoms with van der Waals surface area (Å²) in [6.45, 7) is 6.64. The standard InChI is InChI=1S/C14H17FO3/c1-9(13(17)18-14(2,3)4)12(16)10-6-5-7-11(15)8-10/h5-9H,1-4H3. The van der Waals surface area contributed by atoms with Gasteiger partial charge in [-0.1, -0.05) is 12.1 Å². The van der Waals surface area contributed by atoms with Crippen LogP contribution in [-0.4, -0.2) is 17.4 Å². The molecule has 1 atom stereocenters. The Morgan fingerprint density at radius 1 is 1.28 bits per heavy atom. The highest BCUT2D eigenvalue weighted by Crippen LogP contribution is 2.15. The zero-order valence-electron chi connectivity index (χ0n) is 11.0. The van der Waals surface area contributed by atoms with Gasteiger partial charge in [-0.05, 0) is 39.8 Å². The van der Waals surface area contributed by atoms with Crippen molar-refractivity contribution in [3.63, 3.8) is 0 Å². The Bertz CT molecular complexity index is 460. The van der Waals surface area contributed by atoms with Crippen LogP contribution in [0.3, 0.4) is 0 Å². The van der Waals surface area contributed by atoms with Gasteiger partial charge < -0.3 is 4.74 Å². The van der Waals surface area contributed by atoms with Crippen LogP contribution in [0.4, 0.5) is 4.39 Å². The summed E-state index contributed by atoms with van der Waals surface area (Å²) in [4.78, 5) is 23.7. The van der Waals surface area contributed by atoms with Crippen LogP contribution < -0.4 is 0 Å². The van der Waals surface area contributed by atoms with Crippen molar-refractivity contribution >= 4 is 11.8 Å². The quantitative estimate of drug-likeness (QED) is 0.472. The molecule has 3 nitrogen and oxygen atoms in total. The molecule has 0 aliphatic rings. The van der Waals surface area contributed by atoms with E-state index in [4.69, 9.17) is 4.74 Å². The average Bonchev–Trinajstić information content (AvgIpc) is 2.24. The van der Waals surface area contributed by atoms with Crippen molar-refractivity contribution in [3.05, 3.63) is 35.6 Å². The highest BCUT2D eigenvalue weighted by molar-refractivity contribution is 6.08. The predicted molar refractivity (Wildman–Crippen MR) is 65.7 cm³/mol. The van der Waals surface area contributed by atoms with Gasteiger partial charge in [0.25, 0.3) is 0 Å². The SMILES string of the molecule is CC(C(=O)OC(C)(C)C)C(=O)c1cccc(F)c1. The summed E-state index contributed by atoms with van der Waals surface area (Å²) >= 11 is 0. The minimum atomic E-state index is -0.939. The van der Waals surface area contributed by atoms with Gasteiger partial charge in [-0.15, -0.1) is 0 Å². The van der Waals surface area contributed by atoms with E-state index in [-0.39, 0.29) is 5.56 Å². The summed E-state index contributed by atoms with van der Waals surface area (Å²) in [5, 5.41) is 0. The first kappa shape index (κ1) is 14.4. The molecule has 0 saturated heterocycles. The molecular weight excluding hydrogens is 235 g/mol. The minimum Gasteiger partial charge on any atom is -0.459 e. The van der Waals surface area contributed by atoms with Crippen molar-refractivity contribution < 1.29 is 18.7 Å². The molecule has 0 aliphatic carbocycles. The van der Waals surface area contributed by atoms with Crippen LogP contribution in [0.25, 0.3) is 0 Å². The Balaban J connectivity index is 2.81. The van der Waals surface area contributed by atoms with E-state index in [1.165, 1.54) is 25.1 Å². The van der Waals surface area contributed by atoms with Crippen molar-refractivity contribution in [2.24, 2.45) is 5.92 Å². The third-order valence-corrected chi connectivity index (χ3v) is 2.26. The summed E-state index contributed by atoms with van der Waals surface area (Å²) in [7, 11) is 0. The maximum absolute atomic E-state index is 13.0. The van der Waals surface area contributed by atoms with Gasteiger partial charge in [0.15, 0.2) is 5.78 Å². The van der Waals surface area contributed by atoms with Crippen LogP contribution in [0.1, 0.15) is 38.1 Å². The number of esters is 1. The lowest BCUT2D eigenvalue weighted by Gasteiger charge is -2.21. The third kappa shape index (κ3) is 3.95. The van der Waals surface area contributed by atoms with Crippen LogP contribution in [0, 0.1) is 11.7 Å². The van der Waals surface area contributed by atoms with Gasteiger partial charge in [-0.2, -0.15) is 0 Å². The van der Waals surface area contributed by atoms with E-state index in [9.17, 15) is 14.0 Å². The van der Waals surface area contributed by atoms with E-state index in [1.807, 2.05) is 0 Å². The summed E-state index contributed by atoms with van der Waals surface area (Å²) < 4.78 is 18.1. The molecule has 0 radical (unpaired) electrons. The van der Waals surface area contributed by atoms with Crippen LogP contribution in [0.2, 0.25) is 0 Å². The Labute approximate surface area is 106 Å². The molecule has 0 saturated carbocycles. The number of Topliss-reactive ketones (excluding diaryl/α,β-unsaturated/α-hetero) is 1. The number of benzene rings is 1. The molecular formula is C14H17FO3. The molecule has 0 heterocycles. The largest absolute Gasteiger partial charge is 0.459 e. The van der Waals surface area contributed by atoms with E-state index in [1.54, 1.807) is 20.8 Å². The normalized spacial score (nSPS) is 12.9. The summed E-state index contributed by atoms with van der Waals surface area (Å²) in [6.07, 6.45) is 0. The van der Waals surface area contributed by atoms with Gasteiger partial charge in [-0.25, -0.2) is 4.39 Å². The number of hydrogen-bond acceptors (Lipinski definition) is 3. The molecule has 1 aromatic carbocycles. The monoisotopic (exact) mass is 252 g/mol. The van der Waals surface area contributed by atoms with E-state index in [0.29, 0.717) is 0 Å². The van der Waals surface area contributed by atoms with Gasteiger partial charge in [0.1, 0.15) is 17.3 Å². The second-order valence-electron chi connectivity index (χ2n) is 5.13. The number of carbonyl (C=O) groups excluding carboxylic acids is 2. The molecule has 1 rings (SSSR count). The van der Waals surface area contributed by atoms with Gasteiger partial charge in [0.2, 0.25) is 0 Å². The molecule has 0 aromatic heterocycles. The third-order valence-electron chi connectivity index (χ3n) is 2.26. The Morgan fingerprint density at radius 3 is 2.39 bits per heavy atom. The average molecular weight is 252 g/mol. The number of carbonyl (C=O) groups is 2. The molecule has 0 aliphatic heterocycles. The van der Waals surface area contributed by atoms with Crippen LogP contribution in [0.15, 0.2) is 24.3 Å². The number of ether oxygens (including phenoxy) is 1. The second kappa shape index (κ2) is 5.29. The number of rotatable bonds is 3. The minimum absolute atomic E-state index is 0.174. The molecule has 4 heteroatoms. The fraction of sp³-hybridized carbons (Fsp3) is 0.429. The topological polar surface area (TPSA) is 43.4 Å². The zero-order chi connectivity index (χ0) is 13.9. The van der Waals surface area contributed by atoms with E-state index in [0.717, 1.165) is 6.07 Å². The fourth-order valence-corrected chi connectivity index (χ4v) is 1.39. The molecule has 18 heavy (non-hydrogen) atoms. The van der Waals surface area contributed by atoms with Gasteiger partial charge in [0.05, 0.1) is 0 Å². The first-order valence-corrected chi connectivity index (χ1v) is 5.73. The lowest BCUT2D eigenvalue weighted by atomic mass is 9.99. The summed E-state index contributed by atoms with van der Waals surface area (Å²) in [5.41, 5.74) is -0.471. The molecule has 1 unspecified atom stereocenters. The van der Waals surface area contributed by atoms with Crippen LogP contribution in [0.5, 0.6) is 0 Å². The second-order valence-corrected chi connectivity index (χ2v) is 5.13. The van der Waals surface area contributed by atoms with Crippen molar-refractivity contribution in [2.45, 2.75) is 33.3 Å². The van der Waals surface area contributed by atoms with Gasteiger partial charge >= 0.3 is 5.97 Å². The van der Waals surface area contributed by atoms with Crippen molar-refractivity contribution in [1.29, 1.82) is 0 Å². The molecule has 0 spiro atoms. The van der Waals surface area contributed by atoms with Crippen LogP contribution >= 0.6 is 0 Å². The van der Waals surface area contributed by atoms with E-state index < -0.39 is 29.1 Å². The van der Waals surface area contributed by atoms with Gasteiger partial charge in [-0.3, -0.25) is 9.59 Å². The molecule has 0 amide bonds. The van der Waals surface area contributed by atoms with Crippen molar-refractivity contribution in [1.82, 2.24) is 0 Å². The lowest BCUT2D eigenvalue weighted by molar-refractivity contribution is -0.157. The van der Waals surface area contributed by atoms with Crippen molar-refractivity contribution in [3.8, 4) is 0 Å². The first-order chi connectivity index (χ1) is 8.20. The maximum atomic E-state index is 13.0. The maximum Gasteiger partial charge on any atom is 0.317 e. The number of halogens is 1. The van der Waals surface area contributed by atoms with E-state index in [2.05, 4.69) is 0 Å². The van der Waals surface area contributed by atoms with Gasteiger partial charge in [0, 0.05) is 5.56 Å². The number of ketones is 1. The summed E-state index contributed by atoms with van der Waals surface area (Å²) in [6, 6.07) is 5.27. The smallest absolute Gasteiger partial charge is 0.317 e. The molecule has 0 N–H and O–H groups in total. The highest BCUT2D eigenvalue weighted by atomic mass is 19.1. The lowest BCUT2D eigenvalue weighted by Crippen LogP contribution is -2.31. The molecule has 0 fully saturated rings.